The van der Waals surface area contributed by atoms with Gasteiger partial charge in [0.1, 0.15) is 17.1 Å². The summed E-state index contributed by atoms with van der Waals surface area (Å²) in [6.07, 6.45) is 3.33. The van der Waals surface area contributed by atoms with E-state index in [-0.39, 0.29) is 11.6 Å². The number of hydrogen-bond acceptors (Lipinski definition) is 4. The van der Waals surface area contributed by atoms with E-state index in [2.05, 4.69) is 15.3 Å². The molecule has 0 bridgehead atoms. The van der Waals surface area contributed by atoms with Crippen LogP contribution in [0.4, 0.5) is 10.1 Å². The molecule has 0 aliphatic carbocycles. The standard InChI is InChI=1S/C23H20FN3O/c1-14-5-9-18(20(24)12-14)22(27-17-8-6-15(2)26-13-17)19-10-7-16-4-3-11-25-21(16)23(19)28/h3-13,22,27-28H,1-2H3. The summed E-state index contributed by atoms with van der Waals surface area (Å²) in [6, 6.07) is 15.6. The number of fused-ring (bicyclic) bond motifs is 1. The van der Waals surface area contributed by atoms with E-state index in [0.717, 1.165) is 22.3 Å². The molecule has 1 unspecified atom stereocenters. The van der Waals surface area contributed by atoms with Crippen LogP contribution in [0, 0.1) is 19.7 Å². The third-order valence-electron chi connectivity index (χ3n) is 4.78. The van der Waals surface area contributed by atoms with E-state index in [1.54, 1.807) is 24.5 Å². The van der Waals surface area contributed by atoms with Gasteiger partial charge in [0.25, 0.3) is 0 Å². The second-order valence-electron chi connectivity index (χ2n) is 6.87. The molecular formula is C23H20FN3O. The maximum Gasteiger partial charge on any atom is 0.147 e. The average Bonchev–Trinajstić information content (AvgIpc) is 2.69. The van der Waals surface area contributed by atoms with Crippen molar-refractivity contribution in [3.63, 3.8) is 0 Å². The van der Waals surface area contributed by atoms with Crippen molar-refractivity contribution in [2.75, 3.05) is 5.32 Å². The van der Waals surface area contributed by atoms with Crippen molar-refractivity contribution in [1.82, 2.24) is 9.97 Å². The Morgan fingerprint density at radius 2 is 1.79 bits per heavy atom. The van der Waals surface area contributed by atoms with Crippen LogP contribution in [0.3, 0.4) is 0 Å². The van der Waals surface area contributed by atoms with E-state index in [4.69, 9.17) is 0 Å². The van der Waals surface area contributed by atoms with Crippen LogP contribution in [0.2, 0.25) is 0 Å². The number of hydrogen-bond donors (Lipinski definition) is 2. The molecule has 0 amide bonds. The summed E-state index contributed by atoms with van der Waals surface area (Å²) in [5, 5.41) is 15.0. The summed E-state index contributed by atoms with van der Waals surface area (Å²) in [5.41, 5.74) is 3.94. The van der Waals surface area contributed by atoms with Gasteiger partial charge in [-0.15, -0.1) is 0 Å². The molecule has 2 N–H and O–H groups in total. The molecule has 4 aromatic rings. The van der Waals surface area contributed by atoms with Gasteiger partial charge in [0.2, 0.25) is 0 Å². The zero-order valence-corrected chi connectivity index (χ0v) is 15.6. The highest BCUT2D eigenvalue weighted by Crippen LogP contribution is 2.37. The number of aryl methyl sites for hydroxylation is 2. The lowest BCUT2D eigenvalue weighted by atomic mass is 9.95. The number of aromatic nitrogens is 2. The molecule has 0 spiro atoms. The molecule has 2 aromatic heterocycles. The lowest BCUT2D eigenvalue weighted by molar-refractivity contribution is 0.471. The fourth-order valence-electron chi connectivity index (χ4n) is 3.29. The first kappa shape index (κ1) is 17.9. The molecule has 5 heteroatoms. The molecule has 0 saturated heterocycles. The van der Waals surface area contributed by atoms with Gasteiger partial charge in [0.05, 0.1) is 17.9 Å². The zero-order valence-electron chi connectivity index (χ0n) is 15.6. The predicted molar refractivity (Wildman–Crippen MR) is 109 cm³/mol. The first-order valence-electron chi connectivity index (χ1n) is 9.05. The fraction of sp³-hybridized carbons (Fsp3) is 0.130. The van der Waals surface area contributed by atoms with Crippen LogP contribution in [-0.4, -0.2) is 15.1 Å². The number of benzene rings is 2. The molecule has 0 saturated carbocycles. The number of nitrogens with zero attached hydrogens (tertiary/aromatic N) is 2. The molecule has 2 heterocycles. The Bertz CT molecular complexity index is 1140. The lowest BCUT2D eigenvalue weighted by Gasteiger charge is -2.23. The number of pyridine rings is 2. The minimum absolute atomic E-state index is 0.0376. The Balaban J connectivity index is 1.87. The number of rotatable bonds is 4. The quantitative estimate of drug-likeness (QED) is 0.510. The van der Waals surface area contributed by atoms with Crippen LogP contribution in [0.5, 0.6) is 5.75 Å². The lowest BCUT2D eigenvalue weighted by Crippen LogP contribution is -2.15. The largest absolute Gasteiger partial charge is 0.505 e. The van der Waals surface area contributed by atoms with E-state index in [9.17, 15) is 9.50 Å². The highest BCUT2D eigenvalue weighted by Gasteiger charge is 2.23. The summed E-state index contributed by atoms with van der Waals surface area (Å²) < 4.78 is 14.8. The van der Waals surface area contributed by atoms with Crippen molar-refractivity contribution in [2.45, 2.75) is 19.9 Å². The monoisotopic (exact) mass is 373 g/mol. The Kier molecular flexibility index (Phi) is 4.65. The molecule has 4 rings (SSSR count). The summed E-state index contributed by atoms with van der Waals surface area (Å²) in [6.45, 7) is 3.75. The van der Waals surface area contributed by atoms with Gasteiger partial charge in [-0.25, -0.2) is 4.39 Å². The van der Waals surface area contributed by atoms with E-state index < -0.39 is 6.04 Å². The Labute approximate surface area is 162 Å². The maximum atomic E-state index is 14.8. The average molecular weight is 373 g/mol. The SMILES string of the molecule is Cc1ccc(C(Nc2ccc(C)nc2)c2ccc3cccnc3c2O)c(F)c1. The van der Waals surface area contributed by atoms with Crippen LogP contribution in [0.25, 0.3) is 10.9 Å². The number of phenolic OH excluding ortho intramolecular Hbond substituents is 1. The van der Waals surface area contributed by atoms with Gasteiger partial charge in [0.15, 0.2) is 0 Å². The third-order valence-corrected chi connectivity index (χ3v) is 4.78. The molecule has 0 fully saturated rings. The van der Waals surface area contributed by atoms with Crippen molar-refractivity contribution >= 4 is 16.6 Å². The van der Waals surface area contributed by atoms with Crippen molar-refractivity contribution in [3.05, 3.63) is 95.2 Å². The summed E-state index contributed by atoms with van der Waals surface area (Å²) >= 11 is 0. The molecule has 4 nitrogen and oxygen atoms in total. The first-order valence-corrected chi connectivity index (χ1v) is 9.05. The molecule has 1 atom stereocenters. The van der Waals surface area contributed by atoms with Gasteiger partial charge in [-0.3, -0.25) is 9.97 Å². The van der Waals surface area contributed by atoms with Crippen molar-refractivity contribution in [3.8, 4) is 5.75 Å². The third kappa shape index (κ3) is 3.39. The minimum atomic E-state index is -0.600. The Hall–Kier alpha value is -3.47. The van der Waals surface area contributed by atoms with Crippen LogP contribution < -0.4 is 5.32 Å². The van der Waals surface area contributed by atoms with Crippen LogP contribution >= 0.6 is 0 Å². The van der Waals surface area contributed by atoms with Crippen LogP contribution in [0.1, 0.15) is 28.4 Å². The molecule has 0 aliphatic heterocycles. The van der Waals surface area contributed by atoms with Gasteiger partial charge in [-0.1, -0.05) is 30.3 Å². The predicted octanol–water partition coefficient (Wildman–Crippen LogP) is 5.29. The number of aromatic hydroxyl groups is 1. The molecule has 0 radical (unpaired) electrons. The van der Waals surface area contributed by atoms with Gasteiger partial charge in [0, 0.05) is 28.4 Å². The van der Waals surface area contributed by atoms with E-state index in [1.165, 1.54) is 6.07 Å². The number of phenols is 1. The zero-order chi connectivity index (χ0) is 19.7. The summed E-state index contributed by atoms with van der Waals surface area (Å²) in [4.78, 5) is 8.59. The highest BCUT2D eigenvalue weighted by atomic mass is 19.1. The van der Waals surface area contributed by atoms with Gasteiger partial charge >= 0.3 is 0 Å². The fourth-order valence-corrected chi connectivity index (χ4v) is 3.29. The van der Waals surface area contributed by atoms with Gasteiger partial charge < -0.3 is 10.4 Å². The van der Waals surface area contributed by atoms with E-state index in [1.807, 2.05) is 50.2 Å². The van der Waals surface area contributed by atoms with Gasteiger partial charge in [-0.2, -0.15) is 0 Å². The smallest absolute Gasteiger partial charge is 0.147 e. The molecule has 28 heavy (non-hydrogen) atoms. The van der Waals surface area contributed by atoms with E-state index >= 15 is 0 Å². The van der Waals surface area contributed by atoms with Crippen LogP contribution in [-0.2, 0) is 0 Å². The Morgan fingerprint density at radius 1 is 0.964 bits per heavy atom. The molecular weight excluding hydrogens is 353 g/mol. The number of nitrogens with one attached hydrogen (secondary N) is 1. The molecule has 2 aromatic carbocycles. The minimum Gasteiger partial charge on any atom is -0.505 e. The van der Waals surface area contributed by atoms with E-state index in [0.29, 0.717) is 16.6 Å². The molecule has 140 valence electrons. The normalized spacial score (nSPS) is 12.1. The topological polar surface area (TPSA) is 58.0 Å². The van der Waals surface area contributed by atoms with Crippen molar-refractivity contribution < 1.29 is 9.50 Å². The first-order chi connectivity index (χ1) is 13.5. The second-order valence-corrected chi connectivity index (χ2v) is 6.87. The van der Waals surface area contributed by atoms with Crippen LogP contribution in [0.15, 0.2) is 67.0 Å². The van der Waals surface area contributed by atoms with Gasteiger partial charge in [-0.05, 0) is 43.7 Å². The summed E-state index contributed by atoms with van der Waals surface area (Å²) in [5.74, 6) is -0.297. The van der Waals surface area contributed by atoms with Crippen molar-refractivity contribution in [1.29, 1.82) is 0 Å². The second kappa shape index (κ2) is 7.27. The molecule has 0 aliphatic rings. The number of anilines is 1. The maximum absolute atomic E-state index is 14.8. The van der Waals surface area contributed by atoms with Crippen molar-refractivity contribution in [2.24, 2.45) is 0 Å². The number of halogens is 1. The highest BCUT2D eigenvalue weighted by molar-refractivity contribution is 5.86. The Morgan fingerprint density at radius 3 is 2.54 bits per heavy atom. The summed E-state index contributed by atoms with van der Waals surface area (Å²) in [7, 11) is 0.